The van der Waals surface area contributed by atoms with Gasteiger partial charge in [0.1, 0.15) is 6.10 Å². The maximum atomic E-state index is 12.0. The van der Waals surface area contributed by atoms with Crippen LogP contribution in [0.15, 0.2) is 23.8 Å². The Labute approximate surface area is 182 Å². The topological polar surface area (TPSA) is 138 Å². The zero-order valence-corrected chi connectivity index (χ0v) is 18.3. The Morgan fingerprint density at radius 2 is 2.00 bits per heavy atom. The van der Waals surface area contributed by atoms with Crippen LogP contribution in [0.4, 0.5) is 0 Å². The number of allylic oxidation sites excluding steroid dienone is 4. The SMILES string of the molecule is C[C@H]1C[C@@H]2[C@H]([C@@H](O)C[C@@]3(C)[C@H]2CC[C@]3(O)[C@H](O)C(O)CC(=O)[O-])[C@@]2(C)C=CC(=O)C=C12. The zero-order valence-electron chi connectivity index (χ0n) is 18.3. The largest absolute Gasteiger partial charge is 0.550 e. The highest BCUT2D eigenvalue weighted by atomic mass is 16.4. The van der Waals surface area contributed by atoms with Gasteiger partial charge in [0.15, 0.2) is 5.78 Å². The molecular formula is C24H33O7-. The summed E-state index contributed by atoms with van der Waals surface area (Å²) in [6.07, 6.45) is 2.18. The Balaban J connectivity index is 1.70. The molecule has 4 aliphatic rings. The summed E-state index contributed by atoms with van der Waals surface area (Å²) in [5.41, 5.74) is -2.01. The Kier molecular flexibility index (Phi) is 5.29. The molecule has 7 heteroatoms. The molecule has 7 nitrogen and oxygen atoms in total. The van der Waals surface area contributed by atoms with Crippen LogP contribution in [-0.2, 0) is 9.59 Å². The Bertz CT molecular complexity index is 849. The third-order valence-corrected chi connectivity index (χ3v) is 9.26. The highest BCUT2D eigenvalue weighted by Gasteiger charge is 2.68. The van der Waals surface area contributed by atoms with Crippen LogP contribution in [-0.4, -0.2) is 56.1 Å². The standard InChI is InChI=1S/C24H34O7/c1-12-8-14-15-5-7-24(31,21(30)17(26)10-19(28)29)23(15,3)11-18(27)20(14)22(2)6-4-13(25)9-16(12)22/h4,6,9,12,14-15,17-18,20-21,26-27,30-31H,5,7-8,10-11H2,1-3H3,(H,28,29)/p-1/t12-,14-,15-,17?,18-,20+,21+,22-,23-,24-/m0/s1. The van der Waals surface area contributed by atoms with Gasteiger partial charge in [-0.05, 0) is 55.6 Å². The maximum Gasteiger partial charge on any atom is 0.178 e. The van der Waals surface area contributed by atoms with E-state index in [0.29, 0.717) is 6.42 Å². The Hall–Kier alpha value is -1.54. The molecule has 4 N–H and O–H groups in total. The van der Waals surface area contributed by atoms with E-state index >= 15 is 0 Å². The zero-order chi connectivity index (χ0) is 22.9. The van der Waals surface area contributed by atoms with Crippen LogP contribution >= 0.6 is 0 Å². The first-order valence-corrected chi connectivity index (χ1v) is 11.3. The second-order valence-corrected chi connectivity index (χ2v) is 10.8. The fourth-order valence-corrected chi connectivity index (χ4v) is 7.87. The minimum Gasteiger partial charge on any atom is -0.550 e. The summed E-state index contributed by atoms with van der Waals surface area (Å²) >= 11 is 0. The first-order valence-electron chi connectivity index (χ1n) is 11.3. The van der Waals surface area contributed by atoms with Crippen molar-refractivity contribution in [2.45, 2.75) is 76.8 Å². The van der Waals surface area contributed by atoms with Gasteiger partial charge >= 0.3 is 0 Å². The summed E-state index contributed by atoms with van der Waals surface area (Å²) in [6.45, 7) is 6.00. The molecule has 3 saturated carbocycles. The monoisotopic (exact) mass is 433 g/mol. The van der Waals surface area contributed by atoms with Crippen LogP contribution in [0.25, 0.3) is 0 Å². The van der Waals surface area contributed by atoms with E-state index in [2.05, 4.69) is 13.8 Å². The third kappa shape index (κ3) is 3.08. The number of hydrogen-bond acceptors (Lipinski definition) is 7. The van der Waals surface area contributed by atoms with Crippen molar-refractivity contribution < 1.29 is 35.1 Å². The number of carboxylic acids is 1. The fourth-order valence-electron chi connectivity index (χ4n) is 7.87. The van der Waals surface area contributed by atoms with Crippen LogP contribution in [0.3, 0.4) is 0 Å². The molecule has 0 radical (unpaired) electrons. The average Bonchev–Trinajstić information content (AvgIpc) is 2.93. The molecule has 1 unspecified atom stereocenters. The highest BCUT2D eigenvalue weighted by molar-refractivity contribution is 6.01. The molecule has 0 aliphatic heterocycles. The second kappa shape index (κ2) is 7.24. The molecule has 0 amide bonds. The van der Waals surface area contributed by atoms with E-state index in [9.17, 15) is 35.1 Å². The summed E-state index contributed by atoms with van der Waals surface area (Å²) < 4.78 is 0. The Morgan fingerprint density at radius 1 is 1.32 bits per heavy atom. The minimum atomic E-state index is -1.71. The first-order chi connectivity index (χ1) is 14.3. The molecule has 0 aromatic heterocycles. The minimum absolute atomic E-state index is 0.0115. The first kappa shape index (κ1) is 22.6. The van der Waals surface area contributed by atoms with Crippen molar-refractivity contribution in [3.05, 3.63) is 23.8 Å². The van der Waals surface area contributed by atoms with Gasteiger partial charge in [0, 0.05) is 29.1 Å². The van der Waals surface area contributed by atoms with E-state index < -0.39 is 47.1 Å². The van der Waals surface area contributed by atoms with Gasteiger partial charge in [-0.1, -0.05) is 32.4 Å². The molecule has 172 valence electrons. The summed E-state index contributed by atoms with van der Waals surface area (Å²) in [7, 11) is 0. The molecule has 0 saturated heterocycles. The van der Waals surface area contributed by atoms with Gasteiger partial charge in [0.2, 0.25) is 0 Å². The van der Waals surface area contributed by atoms with E-state index in [1.165, 1.54) is 0 Å². The number of aliphatic hydroxyl groups is 4. The van der Waals surface area contributed by atoms with Crippen molar-refractivity contribution >= 4 is 11.8 Å². The Morgan fingerprint density at radius 3 is 2.65 bits per heavy atom. The lowest BCUT2D eigenvalue weighted by Crippen LogP contribution is -2.64. The number of hydrogen-bond donors (Lipinski definition) is 4. The summed E-state index contributed by atoms with van der Waals surface area (Å²) in [5.74, 6) is -1.47. The van der Waals surface area contributed by atoms with E-state index in [-0.39, 0.29) is 42.3 Å². The molecule has 0 heterocycles. The number of rotatable bonds is 4. The maximum absolute atomic E-state index is 12.0. The number of carboxylic acid groups (broad SMARTS) is 1. The van der Waals surface area contributed by atoms with Crippen molar-refractivity contribution in [1.29, 1.82) is 0 Å². The summed E-state index contributed by atoms with van der Waals surface area (Å²) in [5, 5.41) is 54.9. The molecule has 10 atom stereocenters. The molecule has 0 spiro atoms. The third-order valence-electron chi connectivity index (χ3n) is 9.26. The predicted octanol–water partition coefficient (Wildman–Crippen LogP) is 0.104. The van der Waals surface area contributed by atoms with Crippen molar-refractivity contribution in [3.8, 4) is 0 Å². The van der Waals surface area contributed by atoms with Gasteiger partial charge in [-0.25, -0.2) is 0 Å². The molecule has 4 rings (SSSR count). The van der Waals surface area contributed by atoms with Gasteiger partial charge in [-0.2, -0.15) is 0 Å². The van der Waals surface area contributed by atoms with Crippen molar-refractivity contribution in [2.24, 2.45) is 34.5 Å². The van der Waals surface area contributed by atoms with Crippen LogP contribution in [0.1, 0.15) is 52.9 Å². The molecule has 0 aromatic carbocycles. The van der Waals surface area contributed by atoms with Crippen molar-refractivity contribution in [1.82, 2.24) is 0 Å². The number of fused-ring (bicyclic) bond motifs is 5. The van der Waals surface area contributed by atoms with E-state index in [1.807, 2.05) is 13.0 Å². The molecule has 0 bridgehead atoms. The number of carbonyl (C=O) groups excluding carboxylic acids is 2. The van der Waals surface area contributed by atoms with Gasteiger partial charge in [-0.3, -0.25) is 4.79 Å². The van der Waals surface area contributed by atoms with Crippen molar-refractivity contribution in [3.63, 3.8) is 0 Å². The summed E-state index contributed by atoms with van der Waals surface area (Å²) in [4.78, 5) is 22.9. The van der Waals surface area contributed by atoms with Gasteiger partial charge in [-0.15, -0.1) is 0 Å². The second-order valence-electron chi connectivity index (χ2n) is 10.8. The number of aliphatic hydroxyl groups excluding tert-OH is 3. The van der Waals surface area contributed by atoms with Crippen LogP contribution in [0.2, 0.25) is 0 Å². The predicted molar refractivity (Wildman–Crippen MR) is 109 cm³/mol. The van der Waals surface area contributed by atoms with Crippen molar-refractivity contribution in [2.75, 3.05) is 0 Å². The van der Waals surface area contributed by atoms with Crippen LogP contribution < -0.4 is 5.11 Å². The van der Waals surface area contributed by atoms with Gasteiger partial charge in [0.05, 0.1) is 17.8 Å². The molecule has 3 fully saturated rings. The highest BCUT2D eigenvalue weighted by Crippen LogP contribution is 2.68. The lowest BCUT2D eigenvalue weighted by atomic mass is 9.44. The van der Waals surface area contributed by atoms with E-state index in [4.69, 9.17) is 0 Å². The summed E-state index contributed by atoms with van der Waals surface area (Å²) in [6, 6.07) is 0. The quantitative estimate of drug-likeness (QED) is 0.493. The molecule has 0 aromatic rings. The number of carbonyl (C=O) groups is 2. The lowest BCUT2D eigenvalue weighted by Gasteiger charge is -2.61. The molecule has 4 aliphatic carbocycles. The number of aliphatic carboxylic acids is 1. The van der Waals surface area contributed by atoms with E-state index in [1.54, 1.807) is 12.2 Å². The van der Waals surface area contributed by atoms with Crippen LogP contribution in [0.5, 0.6) is 0 Å². The van der Waals surface area contributed by atoms with Crippen LogP contribution in [0, 0.1) is 34.5 Å². The smallest absolute Gasteiger partial charge is 0.178 e. The molecular weight excluding hydrogens is 400 g/mol. The van der Waals surface area contributed by atoms with Gasteiger partial charge < -0.3 is 30.3 Å². The normalized spacial score (nSPS) is 48.3. The fraction of sp³-hybridized carbons (Fsp3) is 0.750. The van der Waals surface area contributed by atoms with Gasteiger partial charge in [0.25, 0.3) is 0 Å². The lowest BCUT2D eigenvalue weighted by molar-refractivity contribution is -0.309. The average molecular weight is 434 g/mol. The molecule has 31 heavy (non-hydrogen) atoms. The van der Waals surface area contributed by atoms with E-state index in [0.717, 1.165) is 12.0 Å². The number of ketones is 1.